The Balaban J connectivity index is 1.51. The third-order valence-electron chi connectivity index (χ3n) is 7.58. The molecule has 0 radical (unpaired) electrons. The highest BCUT2D eigenvalue weighted by molar-refractivity contribution is 7.89. The Morgan fingerprint density at radius 1 is 1.11 bits per heavy atom. The van der Waals surface area contributed by atoms with Crippen molar-refractivity contribution in [3.05, 3.63) is 104 Å². The molecule has 1 saturated carbocycles. The molecule has 0 aliphatic heterocycles. The second-order valence-corrected chi connectivity index (χ2v) is 14.6. The molecule has 44 heavy (non-hydrogen) atoms. The molecule has 11 heteroatoms. The zero-order chi connectivity index (χ0) is 31.2. The summed E-state index contributed by atoms with van der Waals surface area (Å²) in [6.07, 6.45) is 2.91. The number of aromatic nitrogens is 2. The fourth-order valence-electron chi connectivity index (χ4n) is 5.11. The van der Waals surface area contributed by atoms with Crippen molar-refractivity contribution in [1.29, 1.82) is 0 Å². The van der Waals surface area contributed by atoms with Gasteiger partial charge in [-0.1, -0.05) is 30.0 Å². The molecule has 224 valence electrons. The molecule has 0 unspecified atom stereocenters. The van der Waals surface area contributed by atoms with Crippen molar-refractivity contribution >= 4 is 38.7 Å². The first kappa shape index (κ1) is 30.0. The molecule has 3 aromatic heterocycles. The van der Waals surface area contributed by atoms with Crippen LogP contribution in [0.5, 0.6) is 0 Å². The highest BCUT2D eigenvalue weighted by Crippen LogP contribution is 2.41. The van der Waals surface area contributed by atoms with E-state index in [4.69, 9.17) is 5.14 Å². The van der Waals surface area contributed by atoms with E-state index in [9.17, 15) is 22.7 Å². The molecular weight excluding hydrogens is 618 g/mol. The quantitative estimate of drug-likeness (QED) is 0.179. The zero-order valence-corrected chi connectivity index (χ0v) is 26.4. The Morgan fingerprint density at radius 3 is 2.55 bits per heavy atom. The van der Waals surface area contributed by atoms with Crippen LogP contribution in [0.15, 0.2) is 64.9 Å². The van der Waals surface area contributed by atoms with Gasteiger partial charge in [-0.2, -0.15) is 0 Å². The van der Waals surface area contributed by atoms with Gasteiger partial charge in [-0.05, 0) is 92.1 Å². The molecule has 1 aliphatic carbocycles. The second-order valence-electron chi connectivity index (χ2n) is 11.0. The van der Waals surface area contributed by atoms with Gasteiger partial charge in [-0.25, -0.2) is 27.7 Å². The molecule has 1 fully saturated rings. The molecule has 0 saturated heterocycles. The summed E-state index contributed by atoms with van der Waals surface area (Å²) >= 11 is 2.91. The summed E-state index contributed by atoms with van der Waals surface area (Å²) in [6, 6.07) is 16.1. The maximum Gasteiger partial charge on any atom is 0.355 e. The van der Waals surface area contributed by atoms with Gasteiger partial charge in [0.1, 0.15) is 15.7 Å². The number of aromatic carboxylic acids is 1. The number of nitrogens with zero attached hydrogens (tertiary/aromatic N) is 2. The summed E-state index contributed by atoms with van der Waals surface area (Å²) in [5, 5.41) is 16.9. The van der Waals surface area contributed by atoms with E-state index >= 15 is 0 Å². The fraction of sp³-hybridized carbons (Fsp3) is 0.212. The number of halogens is 1. The van der Waals surface area contributed by atoms with Crippen molar-refractivity contribution in [2.24, 2.45) is 11.1 Å². The van der Waals surface area contributed by atoms with Crippen LogP contribution in [0.2, 0.25) is 0 Å². The number of carboxylic acid groups (broad SMARTS) is 1. The first-order valence-corrected chi connectivity index (χ1v) is 17.1. The highest BCUT2D eigenvalue weighted by Gasteiger charge is 2.28. The molecule has 0 atom stereocenters. The van der Waals surface area contributed by atoms with Crippen LogP contribution >= 0.6 is 22.7 Å². The van der Waals surface area contributed by atoms with Crippen LogP contribution in [0.25, 0.3) is 21.8 Å². The largest absolute Gasteiger partial charge is 0.476 e. The van der Waals surface area contributed by atoms with Crippen molar-refractivity contribution in [1.82, 2.24) is 9.55 Å². The number of hydrogen-bond acceptors (Lipinski definition) is 6. The van der Waals surface area contributed by atoms with Crippen molar-refractivity contribution in [2.45, 2.75) is 44.6 Å². The first-order valence-electron chi connectivity index (χ1n) is 13.9. The molecule has 7 nitrogen and oxygen atoms in total. The number of thiazole rings is 1. The van der Waals surface area contributed by atoms with Crippen molar-refractivity contribution in [3.8, 4) is 33.7 Å². The number of sulfonamides is 1. The van der Waals surface area contributed by atoms with Crippen molar-refractivity contribution in [2.75, 3.05) is 0 Å². The maximum absolute atomic E-state index is 14.9. The predicted molar refractivity (Wildman–Crippen MR) is 171 cm³/mol. The molecule has 0 bridgehead atoms. The summed E-state index contributed by atoms with van der Waals surface area (Å²) in [7, 11) is -4.21. The van der Waals surface area contributed by atoms with E-state index in [0.29, 0.717) is 16.5 Å². The molecule has 5 aromatic rings. The number of nitrogens with two attached hydrogens (primary N) is 1. The molecule has 0 amide bonds. The predicted octanol–water partition coefficient (Wildman–Crippen LogP) is 6.84. The van der Waals surface area contributed by atoms with Crippen LogP contribution in [0.3, 0.4) is 0 Å². The lowest BCUT2D eigenvalue weighted by molar-refractivity contribution is 0.0691. The standard InChI is InChI=1S/C33H28FN3O4S3/c1-19-3-8-24(15-23(19)9-11-25-10-4-20(2)43-25)29-16-26(32-36-28(18-42-32)33(38)39)30(14-21-5-6-21)37(29)17-22-7-12-31(27(34)13-22)44(35,40)41/h3-4,7-8,10,12-13,15-16,18,21H,5-6,14,17H2,1-2H3,(H,38,39)(H2,35,40,41). The number of carboxylic acids is 1. The van der Waals surface area contributed by atoms with Gasteiger partial charge in [0.2, 0.25) is 10.0 Å². The number of thiophene rings is 1. The van der Waals surface area contributed by atoms with Gasteiger partial charge >= 0.3 is 5.97 Å². The number of carbonyl (C=O) groups is 1. The lowest BCUT2D eigenvalue weighted by atomic mass is 10.0. The number of primary sulfonamides is 1. The summed E-state index contributed by atoms with van der Waals surface area (Å²) in [5.41, 5.74) is 5.96. The van der Waals surface area contributed by atoms with Gasteiger partial charge in [0.25, 0.3) is 0 Å². The van der Waals surface area contributed by atoms with Crippen LogP contribution in [-0.2, 0) is 23.0 Å². The third-order valence-corrected chi connectivity index (χ3v) is 10.3. The van der Waals surface area contributed by atoms with Crippen molar-refractivity contribution in [3.63, 3.8) is 0 Å². The Labute approximate surface area is 262 Å². The monoisotopic (exact) mass is 645 g/mol. The Hall–Kier alpha value is -4.08. The third kappa shape index (κ3) is 6.39. The van der Waals surface area contributed by atoms with E-state index < -0.39 is 26.7 Å². The summed E-state index contributed by atoms with van der Waals surface area (Å²) in [6.45, 7) is 4.30. The maximum atomic E-state index is 14.9. The minimum atomic E-state index is -4.21. The average molecular weight is 646 g/mol. The Kier molecular flexibility index (Phi) is 8.02. The van der Waals surface area contributed by atoms with Crippen LogP contribution in [0.1, 0.15) is 55.5 Å². The van der Waals surface area contributed by atoms with Gasteiger partial charge in [-0.15, -0.1) is 22.7 Å². The first-order chi connectivity index (χ1) is 21.0. The number of hydrogen-bond donors (Lipinski definition) is 2. The molecule has 2 aromatic carbocycles. The van der Waals surface area contributed by atoms with E-state index in [0.717, 1.165) is 57.8 Å². The number of aryl methyl sites for hydroxylation is 2. The molecule has 3 N–H and O–H groups in total. The second kappa shape index (κ2) is 11.8. The summed E-state index contributed by atoms with van der Waals surface area (Å²) in [4.78, 5) is 17.7. The van der Waals surface area contributed by atoms with Gasteiger partial charge < -0.3 is 9.67 Å². The normalized spacial score (nSPS) is 13.1. The SMILES string of the molecule is Cc1ccc(C#Cc2cc(-c3cc(-c4nc(C(=O)O)cs4)c(CC4CC4)n3Cc3ccc(S(N)(=O)=O)c(F)c3)ccc2C)s1. The molecule has 3 heterocycles. The minimum Gasteiger partial charge on any atom is -0.476 e. The summed E-state index contributed by atoms with van der Waals surface area (Å²) < 4.78 is 40.7. The van der Waals surface area contributed by atoms with E-state index in [2.05, 4.69) is 21.4 Å². The highest BCUT2D eigenvalue weighted by atomic mass is 32.2. The summed E-state index contributed by atoms with van der Waals surface area (Å²) in [5.74, 6) is 5.06. The molecular formula is C33H28FN3O4S3. The molecule has 1 aliphatic rings. The Morgan fingerprint density at radius 2 is 1.91 bits per heavy atom. The zero-order valence-electron chi connectivity index (χ0n) is 23.9. The van der Waals surface area contributed by atoms with Crippen LogP contribution in [-0.4, -0.2) is 29.0 Å². The minimum absolute atomic E-state index is 0.0194. The van der Waals surface area contributed by atoms with Crippen LogP contribution < -0.4 is 5.14 Å². The van der Waals surface area contributed by atoms with Gasteiger partial charge in [0.05, 0.1) is 4.88 Å². The Bertz CT molecular complexity index is 2090. The topological polar surface area (TPSA) is 115 Å². The van der Waals surface area contributed by atoms with Gasteiger partial charge in [0, 0.05) is 39.3 Å². The smallest absolute Gasteiger partial charge is 0.355 e. The van der Waals surface area contributed by atoms with Crippen LogP contribution in [0.4, 0.5) is 4.39 Å². The van der Waals surface area contributed by atoms with Gasteiger partial charge in [-0.3, -0.25) is 0 Å². The lowest BCUT2D eigenvalue weighted by Crippen LogP contribution is -2.14. The van der Waals surface area contributed by atoms with Crippen molar-refractivity contribution < 1.29 is 22.7 Å². The molecule has 0 spiro atoms. The van der Waals surface area contributed by atoms with Gasteiger partial charge in [0.15, 0.2) is 5.69 Å². The van der Waals surface area contributed by atoms with E-state index in [1.807, 2.05) is 50.2 Å². The molecule has 6 rings (SSSR count). The van der Waals surface area contributed by atoms with E-state index in [1.54, 1.807) is 17.4 Å². The number of benzene rings is 2. The van der Waals surface area contributed by atoms with E-state index in [1.165, 1.54) is 33.7 Å². The number of rotatable bonds is 8. The lowest BCUT2D eigenvalue weighted by Gasteiger charge is -2.16. The fourth-order valence-corrected chi connectivity index (χ4v) is 7.25. The van der Waals surface area contributed by atoms with E-state index in [-0.39, 0.29) is 12.2 Å². The van der Waals surface area contributed by atoms with Crippen LogP contribution in [0, 0.1) is 37.4 Å². The average Bonchev–Trinajstić information content (AvgIpc) is 3.31.